The van der Waals surface area contributed by atoms with Crippen LogP contribution in [0.4, 0.5) is 0 Å². The molecule has 1 amide bonds. The quantitative estimate of drug-likeness (QED) is 0.839. The van der Waals surface area contributed by atoms with Gasteiger partial charge < -0.3 is 15.8 Å². The molecule has 0 radical (unpaired) electrons. The number of rotatable bonds is 3. The molecule has 1 heterocycles. The number of carbonyl (C=O) groups is 1. The van der Waals surface area contributed by atoms with Crippen LogP contribution in [0.15, 0.2) is 0 Å². The van der Waals surface area contributed by atoms with Crippen molar-refractivity contribution in [2.75, 3.05) is 6.61 Å². The maximum absolute atomic E-state index is 12.6. The molecule has 2 aliphatic rings. The van der Waals surface area contributed by atoms with Gasteiger partial charge in [0.05, 0.1) is 6.10 Å². The van der Waals surface area contributed by atoms with E-state index in [0.29, 0.717) is 5.92 Å². The van der Waals surface area contributed by atoms with E-state index in [4.69, 9.17) is 10.5 Å². The standard InChI is InChI=1S/C15H28N2O2.ClH/c1-9(2)10(3)17-13(18)15(16)11-7-6-8-19-12(11)14(15,4)5;/h9-12H,6-8,16H2,1-5H3,(H,17,18);1H. The fraction of sp³-hybridized carbons (Fsp3) is 0.933. The third-order valence-corrected chi connectivity index (χ3v) is 5.42. The van der Waals surface area contributed by atoms with Crippen LogP contribution in [0.3, 0.4) is 0 Å². The highest BCUT2D eigenvalue weighted by Gasteiger charge is 2.70. The second-order valence-electron chi connectivity index (χ2n) is 7.14. The van der Waals surface area contributed by atoms with Crippen molar-refractivity contribution in [1.29, 1.82) is 0 Å². The first kappa shape index (κ1) is 17.7. The Hall–Kier alpha value is -0.320. The summed E-state index contributed by atoms with van der Waals surface area (Å²) >= 11 is 0. The minimum absolute atomic E-state index is 0. The molecule has 118 valence electrons. The minimum atomic E-state index is -0.790. The van der Waals surface area contributed by atoms with E-state index in [0.717, 1.165) is 19.4 Å². The molecule has 1 saturated heterocycles. The molecule has 1 aliphatic heterocycles. The van der Waals surface area contributed by atoms with Gasteiger partial charge in [0.1, 0.15) is 5.54 Å². The van der Waals surface area contributed by atoms with E-state index in [1.54, 1.807) is 0 Å². The molecule has 0 bridgehead atoms. The Bertz CT molecular complexity index is 373. The number of nitrogens with two attached hydrogens (primary N) is 1. The molecule has 3 N–H and O–H groups in total. The van der Waals surface area contributed by atoms with Crippen molar-refractivity contribution in [2.24, 2.45) is 23.0 Å². The van der Waals surface area contributed by atoms with Crippen molar-refractivity contribution in [3.63, 3.8) is 0 Å². The number of ether oxygens (including phenoxy) is 1. The predicted octanol–water partition coefficient (Wildman–Crippen LogP) is 2.10. The van der Waals surface area contributed by atoms with Crippen LogP contribution in [0.25, 0.3) is 0 Å². The van der Waals surface area contributed by atoms with Crippen molar-refractivity contribution < 1.29 is 9.53 Å². The fourth-order valence-electron chi connectivity index (χ4n) is 3.53. The molecule has 1 aliphatic carbocycles. The molecule has 0 aromatic heterocycles. The lowest BCUT2D eigenvalue weighted by Gasteiger charge is -2.65. The van der Waals surface area contributed by atoms with Crippen molar-refractivity contribution in [1.82, 2.24) is 5.32 Å². The molecule has 20 heavy (non-hydrogen) atoms. The van der Waals surface area contributed by atoms with Crippen molar-refractivity contribution in [3.05, 3.63) is 0 Å². The van der Waals surface area contributed by atoms with Crippen molar-refractivity contribution in [2.45, 2.75) is 65.1 Å². The molecule has 1 saturated carbocycles. The third kappa shape index (κ3) is 2.36. The van der Waals surface area contributed by atoms with Gasteiger partial charge in [0.15, 0.2) is 0 Å². The van der Waals surface area contributed by atoms with Crippen LogP contribution < -0.4 is 11.1 Å². The van der Waals surface area contributed by atoms with E-state index >= 15 is 0 Å². The summed E-state index contributed by atoms with van der Waals surface area (Å²) in [5, 5.41) is 3.09. The largest absolute Gasteiger partial charge is 0.377 e. The molecule has 4 nitrogen and oxygen atoms in total. The maximum Gasteiger partial charge on any atom is 0.241 e. The molecule has 4 atom stereocenters. The Morgan fingerprint density at radius 1 is 1.35 bits per heavy atom. The number of halogens is 1. The van der Waals surface area contributed by atoms with Crippen LogP contribution in [-0.2, 0) is 9.53 Å². The highest BCUT2D eigenvalue weighted by atomic mass is 35.5. The van der Waals surface area contributed by atoms with Crippen LogP contribution in [0.1, 0.15) is 47.5 Å². The van der Waals surface area contributed by atoms with Gasteiger partial charge in [0.25, 0.3) is 0 Å². The molecule has 5 heteroatoms. The molecule has 0 spiro atoms. The Morgan fingerprint density at radius 3 is 2.50 bits per heavy atom. The smallest absolute Gasteiger partial charge is 0.241 e. The first-order valence-corrected chi connectivity index (χ1v) is 7.44. The van der Waals surface area contributed by atoms with Gasteiger partial charge in [-0.05, 0) is 25.7 Å². The van der Waals surface area contributed by atoms with E-state index < -0.39 is 5.54 Å². The summed E-state index contributed by atoms with van der Waals surface area (Å²) in [6.07, 6.45) is 2.13. The number of carbonyl (C=O) groups excluding carboxylic acids is 1. The zero-order chi connectivity index (χ0) is 14.4. The van der Waals surface area contributed by atoms with Gasteiger partial charge in [-0.2, -0.15) is 0 Å². The SMILES string of the molecule is CC(C)C(C)NC(=O)C1(N)C2CCCOC2C1(C)C.Cl. The van der Waals surface area contributed by atoms with E-state index in [2.05, 4.69) is 33.0 Å². The molecular weight excluding hydrogens is 276 g/mol. The molecule has 4 unspecified atom stereocenters. The topological polar surface area (TPSA) is 64.4 Å². The highest BCUT2D eigenvalue weighted by molar-refractivity contribution is 5.89. The molecule has 2 rings (SSSR count). The summed E-state index contributed by atoms with van der Waals surface area (Å²) in [5.41, 5.74) is 5.45. The van der Waals surface area contributed by atoms with Gasteiger partial charge in [-0.25, -0.2) is 0 Å². The third-order valence-electron chi connectivity index (χ3n) is 5.42. The lowest BCUT2D eigenvalue weighted by Crippen LogP contribution is -2.82. The Kier molecular flexibility index (Phi) is 5.16. The second-order valence-corrected chi connectivity index (χ2v) is 7.14. The molecule has 0 aromatic carbocycles. The summed E-state index contributed by atoms with van der Waals surface area (Å²) in [6, 6.07) is 0.146. The predicted molar refractivity (Wildman–Crippen MR) is 82.9 cm³/mol. The van der Waals surface area contributed by atoms with E-state index in [9.17, 15) is 4.79 Å². The van der Waals surface area contributed by atoms with Crippen LogP contribution in [-0.4, -0.2) is 30.2 Å². The number of hydrogen-bond acceptors (Lipinski definition) is 3. The Morgan fingerprint density at radius 2 is 1.95 bits per heavy atom. The number of fused-ring (bicyclic) bond motifs is 1. The van der Waals surface area contributed by atoms with Gasteiger partial charge in [-0.15, -0.1) is 12.4 Å². The van der Waals surface area contributed by atoms with Crippen LogP contribution in [0.5, 0.6) is 0 Å². The van der Waals surface area contributed by atoms with E-state index in [1.807, 2.05) is 6.92 Å². The average molecular weight is 305 g/mol. The van der Waals surface area contributed by atoms with Crippen LogP contribution in [0, 0.1) is 17.3 Å². The first-order chi connectivity index (χ1) is 8.73. The normalized spacial score (nSPS) is 36.4. The zero-order valence-corrected chi connectivity index (χ0v) is 14.0. The van der Waals surface area contributed by atoms with Crippen molar-refractivity contribution >= 4 is 18.3 Å². The summed E-state index contributed by atoms with van der Waals surface area (Å²) in [6.45, 7) is 11.1. The molecule has 0 aromatic rings. The lowest BCUT2D eigenvalue weighted by molar-refractivity contribution is -0.225. The Balaban J connectivity index is 0.00000200. The maximum atomic E-state index is 12.6. The van der Waals surface area contributed by atoms with Gasteiger partial charge in [0.2, 0.25) is 5.91 Å². The van der Waals surface area contributed by atoms with E-state index in [1.165, 1.54) is 0 Å². The Labute approximate surface area is 128 Å². The number of hydrogen-bond donors (Lipinski definition) is 2. The van der Waals surface area contributed by atoms with Gasteiger partial charge in [-0.3, -0.25) is 4.79 Å². The highest BCUT2D eigenvalue weighted by Crippen LogP contribution is 2.57. The summed E-state index contributed by atoms with van der Waals surface area (Å²) in [7, 11) is 0. The number of amides is 1. The van der Waals surface area contributed by atoms with Gasteiger partial charge >= 0.3 is 0 Å². The number of nitrogens with one attached hydrogen (secondary N) is 1. The summed E-state index contributed by atoms with van der Waals surface area (Å²) in [5.74, 6) is 0.565. The average Bonchev–Trinajstić information content (AvgIpc) is 2.37. The van der Waals surface area contributed by atoms with Crippen molar-refractivity contribution in [3.8, 4) is 0 Å². The zero-order valence-electron chi connectivity index (χ0n) is 13.2. The monoisotopic (exact) mass is 304 g/mol. The summed E-state index contributed by atoms with van der Waals surface area (Å²) in [4.78, 5) is 12.6. The fourth-order valence-corrected chi connectivity index (χ4v) is 3.53. The van der Waals surface area contributed by atoms with Crippen LogP contribution in [0.2, 0.25) is 0 Å². The van der Waals surface area contributed by atoms with E-state index in [-0.39, 0.29) is 41.8 Å². The van der Waals surface area contributed by atoms with Gasteiger partial charge in [0, 0.05) is 24.0 Å². The van der Waals surface area contributed by atoms with Crippen LogP contribution >= 0.6 is 12.4 Å². The lowest BCUT2D eigenvalue weighted by atomic mass is 9.46. The minimum Gasteiger partial charge on any atom is -0.377 e. The molecular formula is C15H29ClN2O2. The summed E-state index contributed by atoms with van der Waals surface area (Å²) < 4.78 is 5.83. The first-order valence-electron chi connectivity index (χ1n) is 7.44. The molecule has 2 fully saturated rings. The second kappa shape index (κ2) is 5.82. The van der Waals surface area contributed by atoms with Gasteiger partial charge in [-0.1, -0.05) is 27.7 Å².